The predicted octanol–water partition coefficient (Wildman–Crippen LogP) is 8.43. The third kappa shape index (κ3) is 5.50. The summed E-state index contributed by atoms with van der Waals surface area (Å²) in [6.45, 7) is 3.50. The van der Waals surface area contributed by atoms with Crippen LogP contribution in [-0.4, -0.2) is 11.9 Å². The van der Waals surface area contributed by atoms with Gasteiger partial charge < -0.3 is 10.1 Å². The van der Waals surface area contributed by atoms with Gasteiger partial charge in [0.05, 0.1) is 25.1 Å². The first-order valence-electron chi connectivity index (χ1n) is 9.07. The normalized spacial score (nSPS) is 10.6. The molecule has 0 saturated carbocycles. The van der Waals surface area contributed by atoms with Crippen LogP contribution in [0.4, 0.5) is 10.5 Å². The van der Waals surface area contributed by atoms with E-state index in [4.69, 9.17) is 51.1 Å². The van der Waals surface area contributed by atoms with Crippen molar-refractivity contribution in [3.8, 4) is 11.5 Å². The van der Waals surface area contributed by atoms with Gasteiger partial charge in [0.25, 0.3) is 5.91 Å². The molecule has 0 aliphatic heterocycles. The van der Waals surface area contributed by atoms with Gasteiger partial charge in [0.15, 0.2) is 0 Å². The molecule has 10 heteroatoms. The Morgan fingerprint density at radius 3 is 2.22 bits per heavy atom. The number of hydrogen-bond acceptors (Lipinski definition) is 3. The van der Waals surface area contributed by atoms with Crippen molar-refractivity contribution in [1.82, 2.24) is 5.32 Å². The van der Waals surface area contributed by atoms with Gasteiger partial charge in [-0.15, -0.1) is 0 Å². The second-order valence-corrected chi connectivity index (χ2v) is 9.17. The van der Waals surface area contributed by atoms with Crippen LogP contribution >= 0.6 is 62.3 Å². The number of amides is 3. The number of imide groups is 1. The molecular weight excluding hydrogens is 562 g/mol. The molecule has 2 N–H and O–H groups in total. The van der Waals surface area contributed by atoms with Crippen molar-refractivity contribution in [3.05, 3.63) is 83.7 Å². The molecule has 0 aliphatic rings. The van der Waals surface area contributed by atoms with E-state index in [1.807, 2.05) is 0 Å². The molecule has 0 atom stereocenters. The molecule has 3 aromatic carbocycles. The van der Waals surface area contributed by atoms with Crippen LogP contribution in [0.25, 0.3) is 0 Å². The number of carbonyl (C=O) groups excluding carboxylic acids is 2. The molecular formula is C22H15BrCl4N2O3. The summed E-state index contributed by atoms with van der Waals surface area (Å²) in [6.07, 6.45) is 0. The number of hydrogen-bond donors (Lipinski definition) is 2. The van der Waals surface area contributed by atoms with Crippen LogP contribution in [0, 0.1) is 13.8 Å². The molecule has 0 unspecified atom stereocenters. The van der Waals surface area contributed by atoms with E-state index in [1.165, 1.54) is 12.1 Å². The monoisotopic (exact) mass is 574 g/mol. The van der Waals surface area contributed by atoms with Crippen LogP contribution in [-0.2, 0) is 0 Å². The second-order valence-electron chi connectivity index (χ2n) is 6.69. The topological polar surface area (TPSA) is 67.4 Å². The molecule has 0 bridgehead atoms. The molecule has 0 radical (unpaired) electrons. The van der Waals surface area contributed by atoms with Crippen LogP contribution < -0.4 is 15.4 Å². The molecule has 3 rings (SSSR count). The van der Waals surface area contributed by atoms with Crippen LogP contribution in [0.2, 0.25) is 20.1 Å². The minimum atomic E-state index is -0.762. The molecule has 0 aromatic heterocycles. The van der Waals surface area contributed by atoms with E-state index in [0.29, 0.717) is 42.8 Å². The lowest BCUT2D eigenvalue weighted by molar-refractivity contribution is 0.0967. The van der Waals surface area contributed by atoms with Crippen LogP contribution in [0.5, 0.6) is 11.5 Å². The fourth-order valence-corrected chi connectivity index (χ4v) is 4.41. The van der Waals surface area contributed by atoms with Crippen LogP contribution in [0.1, 0.15) is 21.5 Å². The lowest BCUT2D eigenvalue weighted by atomic mass is 10.1. The van der Waals surface area contributed by atoms with Crippen LogP contribution in [0.3, 0.4) is 0 Å². The van der Waals surface area contributed by atoms with E-state index >= 15 is 0 Å². The van der Waals surface area contributed by atoms with E-state index in [0.717, 1.165) is 0 Å². The average molecular weight is 577 g/mol. The number of anilines is 1. The number of urea groups is 1. The Morgan fingerprint density at radius 2 is 1.59 bits per heavy atom. The Bertz CT molecular complexity index is 1210. The van der Waals surface area contributed by atoms with Gasteiger partial charge >= 0.3 is 6.03 Å². The molecule has 0 aliphatic carbocycles. The van der Waals surface area contributed by atoms with Crippen molar-refractivity contribution < 1.29 is 14.3 Å². The van der Waals surface area contributed by atoms with Crippen molar-refractivity contribution in [1.29, 1.82) is 0 Å². The standard InChI is InChI=1S/C22H15BrCl4N2O3/c1-10-8-17(32-16-7-6-12(24)9-13(16)23)19(27)11(2)20(10)28-22(31)29-21(30)18-14(25)4-3-5-15(18)26/h3-9H,1-2H3,(H2,28,29,30,31). The van der Waals surface area contributed by atoms with Gasteiger partial charge in [0, 0.05) is 10.7 Å². The van der Waals surface area contributed by atoms with Crippen molar-refractivity contribution >= 4 is 80.0 Å². The summed E-state index contributed by atoms with van der Waals surface area (Å²) in [4.78, 5) is 24.9. The summed E-state index contributed by atoms with van der Waals surface area (Å²) in [7, 11) is 0. The molecule has 0 heterocycles. The van der Waals surface area contributed by atoms with E-state index in [1.54, 1.807) is 44.2 Å². The molecule has 3 amide bonds. The van der Waals surface area contributed by atoms with Gasteiger partial charge in [0.1, 0.15) is 11.5 Å². The van der Waals surface area contributed by atoms with Gasteiger partial charge in [-0.1, -0.05) is 52.5 Å². The summed E-state index contributed by atoms with van der Waals surface area (Å²) < 4.78 is 6.58. The van der Waals surface area contributed by atoms with Crippen LogP contribution in [0.15, 0.2) is 46.9 Å². The molecule has 166 valence electrons. The summed E-state index contributed by atoms with van der Waals surface area (Å²) in [5.41, 5.74) is 1.68. The van der Waals surface area contributed by atoms with Crippen molar-refractivity contribution in [2.45, 2.75) is 13.8 Å². The highest BCUT2D eigenvalue weighted by molar-refractivity contribution is 9.10. The van der Waals surface area contributed by atoms with Gasteiger partial charge in [-0.25, -0.2) is 4.79 Å². The minimum absolute atomic E-state index is 0.00903. The largest absolute Gasteiger partial charge is 0.455 e. The zero-order valence-electron chi connectivity index (χ0n) is 16.7. The number of carbonyl (C=O) groups is 2. The average Bonchev–Trinajstić information content (AvgIpc) is 2.71. The highest BCUT2D eigenvalue weighted by Crippen LogP contribution is 2.40. The van der Waals surface area contributed by atoms with E-state index in [9.17, 15) is 9.59 Å². The summed E-state index contributed by atoms with van der Waals surface area (Å²) in [5.74, 6) is 0.192. The predicted molar refractivity (Wildman–Crippen MR) is 133 cm³/mol. The van der Waals surface area contributed by atoms with Crippen molar-refractivity contribution in [3.63, 3.8) is 0 Å². The second kappa shape index (κ2) is 10.3. The molecule has 0 fully saturated rings. The van der Waals surface area contributed by atoms with Gasteiger partial charge in [-0.2, -0.15) is 0 Å². The zero-order chi connectivity index (χ0) is 23.6. The fourth-order valence-electron chi connectivity index (χ4n) is 2.89. The number of ether oxygens (including phenoxy) is 1. The Balaban J connectivity index is 1.81. The van der Waals surface area contributed by atoms with E-state index < -0.39 is 11.9 Å². The first-order valence-corrected chi connectivity index (χ1v) is 11.4. The highest BCUT2D eigenvalue weighted by Gasteiger charge is 2.20. The number of aryl methyl sites for hydroxylation is 1. The third-order valence-corrected chi connectivity index (χ3v) is 6.39. The maximum atomic E-state index is 12.5. The molecule has 3 aromatic rings. The quantitative estimate of drug-likeness (QED) is 0.327. The summed E-state index contributed by atoms with van der Waals surface area (Å²) >= 11 is 27.9. The molecule has 32 heavy (non-hydrogen) atoms. The Morgan fingerprint density at radius 1 is 0.938 bits per heavy atom. The summed E-state index contributed by atoms with van der Waals surface area (Å²) in [6, 6.07) is 10.6. The molecule has 5 nitrogen and oxygen atoms in total. The smallest absolute Gasteiger partial charge is 0.326 e. The maximum Gasteiger partial charge on any atom is 0.326 e. The van der Waals surface area contributed by atoms with Crippen molar-refractivity contribution in [2.24, 2.45) is 0 Å². The minimum Gasteiger partial charge on any atom is -0.455 e. The molecule has 0 saturated heterocycles. The first kappa shape index (κ1) is 24.7. The Labute approximate surface area is 213 Å². The third-order valence-electron chi connectivity index (χ3n) is 4.43. The van der Waals surface area contributed by atoms with E-state index in [-0.39, 0.29) is 15.6 Å². The van der Waals surface area contributed by atoms with Gasteiger partial charge in [-0.05, 0) is 77.3 Å². The first-order chi connectivity index (χ1) is 15.1. The number of benzene rings is 3. The van der Waals surface area contributed by atoms with Gasteiger partial charge in [-0.3, -0.25) is 10.1 Å². The maximum absolute atomic E-state index is 12.5. The summed E-state index contributed by atoms with van der Waals surface area (Å²) in [5, 5.41) is 5.98. The lowest BCUT2D eigenvalue weighted by Gasteiger charge is -2.17. The number of nitrogens with one attached hydrogen (secondary N) is 2. The lowest BCUT2D eigenvalue weighted by Crippen LogP contribution is -2.35. The number of halogens is 5. The zero-order valence-corrected chi connectivity index (χ0v) is 21.3. The Kier molecular flexibility index (Phi) is 7.96. The SMILES string of the molecule is Cc1cc(Oc2ccc(Cl)cc2Br)c(Cl)c(C)c1NC(=O)NC(=O)c1c(Cl)cccc1Cl. The Hall–Kier alpha value is -1.96. The van der Waals surface area contributed by atoms with E-state index in [2.05, 4.69) is 26.6 Å². The van der Waals surface area contributed by atoms with Gasteiger partial charge in [0.2, 0.25) is 0 Å². The van der Waals surface area contributed by atoms with Crippen molar-refractivity contribution in [2.75, 3.05) is 5.32 Å². The highest BCUT2D eigenvalue weighted by atomic mass is 79.9. The molecule has 0 spiro atoms. The fraction of sp³-hybridized carbons (Fsp3) is 0.0909. The number of rotatable bonds is 4.